The van der Waals surface area contributed by atoms with Crippen LogP contribution in [0.15, 0.2) is 72.8 Å². The molecule has 1 aliphatic heterocycles. The van der Waals surface area contributed by atoms with E-state index in [1.54, 1.807) is 0 Å². The van der Waals surface area contributed by atoms with E-state index in [0.29, 0.717) is 6.61 Å². The fourth-order valence-electron chi connectivity index (χ4n) is 4.68. The van der Waals surface area contributed by atoms with Gasteiger partial charge < -0.3 is 4.74 Å². The molecule has 3 aromatic rings. The molecule has 1 aliphatic carbocycles. The molecule has 0 amide bonds. The van der Waals surface area contributed by atoms with Crippen molar-refractivity contribution in [3.8, 4) is 34.8 Å². The maximum Gasteiger partial charge on any atom is 0.143 e. The summed E-state index contributed by atoms with van der Waals surface area (Å²) in [7, 11) is 0. The first kappa shape index (κ1) is 18.7. The van der Waals surface area contributed by atoms with Gasteiger partial charge in [0.1, 0.15) is 11.6 Å². The SMILES string of the molecule is CC#CC1(C#CC)c2ccccc2-c2ccc([C@H]3N[C@@H](c4ccccc4)CO3)cc21. The first-order valence-electron chi connectivity index (χ1n) is 10.3. The molecule has 1 fully saturated rings. The molecule has 146 valence electrons. The molecule has 30 heavy (non-hydrogen) atoms. The lowest BCUT2D eigenvalue weighted by atomic mass is 9.79. The number of benzene rings is 3. The smallest absolute Gasteiger partial charge is 0.143 e. The van der Waals surface area contributed by atoms with E-state index in [-0.39, 0.29) is 12.3 Å². The van der Waals surface area contributed by atoms with Crippen molar-refractivity contribution in [1.29, 1.82) is 0 Å². The summed E-state index contributed by atoms with van der Waals surface area (Å²) in [5, 5.41) is 3.63. The number of rotatable bonds is 2. The lowest BCUT2D eigenvalue weighted by molar-refractivity contribution is 0.101. The lowest BCUT2D eigenvalue weighted by Gasteiger charge is -2.21. The van der Waals surface area contributed by atoms with Crippen LogP contribution in [0.5, 0.6) is 0 Å². The summed E-state index contributed by atoms with van der Waals surface area (Å²) < 4.78 is 6.15. The second-order valence-corrected chi connectivity index (χ2v) is 7.69. The van der Waals surface area contributed by atoms with Crippen LogP contribution >= 0.6 is 0 Å². The highest BCUT2D eigenvalue weighted by atomic mass is 16.5. The van der Waals surface area contributed by atoms with E-state index in [1.807, 2.05) is 19.9 Å². The Morgan fingerprint density at radius 2 is 1.50 bits per heavy atom. The molecule has 0 bridgehead atoms. The summed E-state index contributed by atoms with van der Waals surface area (Å²) in [5.74, 6) is 13.1. The minimum Gasteiger partial charge on any atom is -0.357 e. The van der Waals surface area contributed by atoms with E-state index in [4.69, 9.17) is 4.74 Å². The summed E-state index contributed by atoms with van der Waals surface area (Å²) >= 11 is 0. The van der Waals surface area contributed by atoms with Crippen molar-refractivity contribution in [1.82, 2.24) is 5.32 Å². The molecular weight excluding hydrogens is 366 g/mol. The molecule has 3 aromatic carbocycles. The van der Waals surface area contributed by atoms with E-state index >= 15 is 0 Å². The Hall–Kier alpha value is -3.30. The molecule has 1 saturated heterocycles. The van der Waals surface area contributed by atoms with Gasteiger partial charge in [0.15, 0.2) is 0 Å². The van der Waals surface area contributed by atoms with Crippen molar-refractivity contribution >= 4 is 0 Å². The molecule has 2 heteroatoms. The van der Waals surface area contributed by atoms with Gasteiger partial charge >= 0.3 is 0 Å². The molecule has 0 radical (unpaired) electrons. The van der Waals surface area contributed by atoms with Gasteiger partial charge in [0.2, 0.25) is 0 Å². The lowest BCUT2D eigenvalue weighted by Crippen LogP contribution is -2.22. The summed E-state index contributed by atoms with van der Waals surface area (Å²) in [6, 6.07) is 25.7. The summed E-state index contributed by atoms with van der Waals surface area (Å²) in [5.41, 5.74) is 6.51. The molecule has 2 aliphatic rings. The van der Waals surface area contributed by atoms with Crippen LogP contribution in [0.4, 0.5) is 0 Å². The quantitative estimate of drug-likeness (QED) is 0.596. The second-order valence-electron chi connectivity index (χ2n) is 7.69. The van der Waals surface area contributed by atoms with Crippen LogP contribution in [0.2, 0.25) is 0 Å². The molecule has 0 aromatic heterocycles. The monoisotopic (exact) mass is 389 g/mol. The number of hydrogen-bond donors (Lipinski definition) is 1. The first-order valence-corrected chi connectivity index (χ1v) is 10.3. The molecule has 0 spiro atoms. The van der Waals surface area contributed by atoms with Crippen LogP contribution in [0.1, 0.15) is 48.4 Å². The Labute approximate surface area is 178 Å². The number of nitrogens with one attached hydrogen (secondary N) is 1. The molecule has 5 rings (SSSR count). The Bertz CT molecular complexity index is 1200. The van der Waals surface area contributed by atoms with Crippen LogP contribution < -0.4 is 5.32 Å². The highest BCUT2D eigenvalue weighted by Crippen LogP contribution is 2.49. The van der Waals surface area contributed by atoms with Crippen LogP contribution in [0, 0.1) is 23.7 Å². The van der Waals surface area contributed by atoms with Crippen molar-refractivity contribution in [3.05, 3.63) is 95.1 Å². The zero-order valence-corrected chi connectivity index (χ0v) is 17.2. The number of hydrogen-bond acceptors (Lipinski definition) is 2. The molecule has 1 N–H and O–H groups in total. The van der Waals surface area contributed by atoms with E-state index in [9.17, 15) is 0 Å². The normalized spacial score (nSPS) is 20.3. The predicted octanol–water partition coefficient (Wildman–Crippen LogP) is 5.36. The second kappa shape index (κ2) is 7.51. The highest BCUT2D eigenvalue weighted by Gasteiger charge is 2.41. The molecule has 1 heterocycles. The minimum atomic E-state index is -0.594. The molecule has 0 unspecified atom stereocenters. The van der Waals surface area contributed by atoms with E-state index < -0.39 is 5.41 Å². The van der Waals surface area contributed by atoms with Gasteiger partial charge in [-0.1, -0.05) is 78.6 Å². The van der Waals surface area contributed by atoms with Gasteiger partial charge in [0, 0.05) is 0 Å². The van der Waals surface area contributed by atoms with Crippen molar-refractivity contribution < 1.29 is 4.74 Å². The zero-order chi connectivity index (χ0) is 20.6. The zero-order valence-electron chi connectivity index (χ0n) is 17.2. The van der Waals surface area contributed by atoms with E-state index in [2.05, 4.69) is 95.7 Å². The van der Waals surface area contributed by atoms with Gasteiger partial charge in [-0.15, -0.1) is 11.8 Å². The van der Waals surface area contributed by atoms with Gasteiger partial charge in [-0.05, 0) is 53.3 Å². The van der Waals surface area contributed by atoms with Gasteiger partial charge in [-0.2, -0.15) is 0 Å². The highest BCUT2D eigenvalue weighted by molar-refractivity contribution is 5.86. The van der Waals surface area contributed by atoms with Crippen molar-refractivity contribution in [2.45, 2.75) is 31.5 Å². The van der Waals surface area contributed by atoms with Gasteiger partial charge in [-0.25, -0.2) is 0 Å². The Morgan fingerprint density at radius 1 is 0.800 bits per heavy atom. The molecular formula is C28H23NO. The molecule has 0 saturated carbocycles. The van der Waals surface area contributed by atoms with Crippen LogP contribution in [-0.2, 0) is 10.2 Å². The number of ether oxygens (including phenoxy) is 1. The van der Waals surface area contributed by atoms with Crippen LogP contribution in [0.25, 0.3) is 11.1 Å². The van der Waals surface area contributed by atoms with Gasteiger partial charge in [-0.3, -0.25) is 5.32 Å². The minimum absolute atomic E-state index is 0.147. The Morgan fingerprint density at radius 3 is 2.27 bits per heavy atom. The molecule has 2 nitrogen and oxygen atoms in total. The summed E-state index contributed by atoms with van der Waals surface area (Å²) in [6.07, 6.45) is -0.147. The van der Waals surface area contributed by atoms with Crippen molar-refractivity contribution in [3.63, 3.8) is 0 Å². The fourth-order valence-corrected chi connectivity index (χ4v) is 4.68. The fraction of sp³-hybridized carbons (Fsp3) is 0.214. The average Bonchev–Trinajstić information content (AvgIpc) is 3.38. The average molecular weight is 389 g/mol. The first-order chi connectivity index (χ1) is 14.8. The standard InChI is InChI=1S/C28H23NO/c1-3-16-28(17-4-2)24-13-9-8-12-22(24)23-15-14-21(18-25(23)28)27-29-26(19-30-27)20-10-6-5-7-11-20/h5-15,18,26-27,29H,19H2,1-2H3/t26-,27+/m1/s1. The maximum atomic E-state index is 6.15. The number of fused-ring (bicyclic) bond motifs is 3. The summed E-state index contributed by atoms with van der Waals surface area (Å²) in [4.78, 5) is 0. The van der Waals surface area contributed by atoms with Crippen molar-refractivity contribution in [2.75, 3.05) is 6.61 Å². The Kier molecular flexibility index (Phi) is 4.68. The van der Waals surface area contributed by atoms with E-state index in [0.717, 1.165) is 11.1 Å². The third-order valence-electron chi connectivity index (χ3n) is 5.98. The topological polar surface area (TPSA) is 21.3 Å². The van der Waals surface area contributed by atoms with E-state index in [1.165, 1.54) is 22.3 Å². The maximum absolute atomic E-state index is 6.15. The predicted molar refractivity (Wildman–Crippen MR) is 121 cm³/mol. The molecule has 2 atom stereocenters. The van der Waals surface area contributed by atoms with Gasteiger partial charge in [0.25, 0.3) is 0 Å². The largest absolute Gasteiger partial charge is 0.357 e. The third kappa shape index (κ3) is 2.86. The van der Waals surface area contributed by atoms with Gasteiger partial charge in [0.05, 0.1) is 12.6 Å². The Balaban J connectivity index is 1.57. The van der Waals surface area contributed by atoms with Crippen LogP contribution in [-0.4, -0.2) is 6.61 Å². The third-order valence-corrected chi connectivity index (χ3v) is 5.98. The van der Waals surface area contributed by atoms with Crippen LogP contribution in [0.3, 0.4) is 0 Å². The summed E-state index contributed by atoms with van der Waals surface area (Å²) in [6.45, 7) is 4.42. The van der Waals surface area contributed by atoms with Crippen molar-refractivity contribution in [2.24, 2.45) is 0 Å².